The van der Waals surface area contributed by atoms with Gasteiger partial charge in [0, 0.05) is 25.7 Å². The van der Waals surface area contributed by atoms with Crippen molar-refractivity contribution in [3.8, 4) is 0 Å². The molecule has 2 aliphatic heterocycles. The zero-order chi connectivity index (χ0) is 13.9. The quantitative estimate of drug-likeness (QED) is 0.654. The summed E-state index contributed by atoms with van der Waals surface area (Å²) in [4.78, 5) is 9.53. The number of nitrogens with zero attached hydrogens (tertiary/aromatic N) is 3. The molecule has 20 heavy (non-hydrogen) atoms. The number of nitrogens with one attached hydrogen (secondary N) is 1. The molecule has 3 heterocycles. The molecule has 0 amide bonds. The highest BCUT2D eigenvalue weighted by molar-refractivity contribution is 6.31. The predicted octanol–water partition coefficient (Wildman–Crippen LogP) is 1.69. The molecular formula is C14H22ClN5. The van der Waals surface area contributed by atoms with Crippen molar-refractivity contribution in [3.63, 3.8) is 0 Å². The standard InChI is InChI=1S/C14H22ClN5/c15-12-3-4-14(18-16)17-13(12)10-19-8-5-11(9-19)20-6-1-2-7-20/h3-4,11H,1-2,5-10,16H2,(H,17,18). The smallest absolute Gasteiger partial charge is 0.140 e. The van der Waals surface area contributed by atoms with Gasteiger partial charge < -0.3 is 5.43 Å². The number of pyridine rings is 1. The maximum Gasteiger partial charge on any atom is 0.140 e. The van der Waals surface area contributed by atoms with Crippen molar-refractivity contribution in [1.82, 2.24) is 14.8 Å². The molecule has 3 N–H and O–H groups in total. The second-order valence-corrected chi connectivity index (χ2v) is 6.10. The molecule has 0 aliphatic carbocycles. The third-order valence-electron chi connectivity index (χ3n) is 4.34. The molecule has 110 valence electrons. The average molecular weight is 296 g/mol. The van der Waals surface area contributed by atoms with Gasteiger partial charge in [-0.3, -0.25) is 9.80 Å². The molecule has 2 saturated heterocycles. The first kappa shape index (κ1) is 14.1. The molecule has 1 atom stereocenters. The normalized spacial score (nSPS) is 24.4. The van der Waals surface area contributed by atoms with Crippen LogP contribution in [0.2, 0.25) is 5.02 Å². The van der Waals surface area contributed by atoms with Crippen molar-refractivity contribution in [2.45, 2.75) is 31.8 Å². The molecule has 5 nitrogen and oxygen atoms in total. The minimum absolute atomic E-state index is 0.666. The molecule has 3 rings (SSSR count). The minimum Gasteiger partial charge on any atom is -0.308 e. The van der Waals surface area contributed by atoms with E-state index in [1.807, 2.05) is 6.07 Å². The van der Waals surface area contributed by atoms with Gasteiger partial charge in [-0.15, -0.1) is 0 Å². The van der Waals surface area contributed by atoms with Gasteiger partial charge in [0.25, 0.3) is 0 Å². The summed E-state index contributed by atoms with van der Waals surface area (Å²) in [5.41, 5.74) is 3.48. The van der Waals surface area contributed by atoms with Gasteiger partial charge in [-0.25, -0.2) is 10.8 Å². The Morgan fingerprint density at radius 3 is 2.85 bits per heavy atom. The lowest BCUT2D eigenvalue weighted by Crippen LogP contribution is -2.35. The maximum absolute atomic E-state index is 6.23. The van der Waals surface area contributed by atoms with Gasteiger partial charge >= 0.3 is 0 Å². The van der Waals surface area contributed by atoms with Crippen LogP contribution in [0.5, 0.6) is 0 Å². The van der Waals surface area contributed by atoms with Crippen molar-refractivity contribution in [1.29, 1.82) is 0 Å². The lowest BCUT2D eigenvalue weighted by Gasteiger charge is -2.23. The lowest BCUT2D eigenvalue weighted by atomic mass is 10.2. The van der Waals surface area contributed by atoms with E-state index in [2.05, 4.69) is 20.2 Å². The Kier molecular flexibility index (Phi) is 4.41. The Bertz CT molecular complexity index is 461. The fourth-order valence-electron chi connectivity index (χ4n) is 3.25. The van der Waals surface area contributed by atoms with E-state index in [-0.39, 0.29) is 0 Å². The summed E-state index contributed by atoms with van der Waals surface area (Å²) < 4.78 is 0. The second kappa shape index (κ2) is 6.26. The first-order valence-electron chi connectivity index (χ1n) is 7.34. The Balaban J connectivity index is 1.61. The van der Waals surface area contributed by atoms with E-state index in [0.29, 0.717) is 16.9 Å². The number of hydrogen-bond acceptors (Lipinski definition) is 5. The van der Waals surface area contributed by atoms with E-state index >= 15 is 0 Å². The Labute approximate surface area is 125 Å². The van der Waals surface area contributed by atoms with Gasteiger partial charge in [-0.1, -0.05) is 11.6 Å². The SMILES string of the molecule is NNc1ccc(Cl)c(CN2CCC(N3CCCC3)C2)n1. The van der Waals surface area contributed by atoms with E-state index in [4.69, 9.17) is 17.4 Å². The molecule has 0 aromatic carbocycles. The highest BCUT2D eigenvalue weighted by atomic mass is 35.5. The van der Waals surface area contributed by atoms with Crippen LogP contribution in [-0.2, 0) is 6.54 Å². The van der Waals surface area contributed by atoms with Gasteiger partial charge in [-0.2, -0.15) is 0 Å². The molecular weight excluding hydrogens is 274 g/mol. The lowest BCUT2D eigenvalue weighted by molar-refractivity contribution is 0.229. The molecule has 6 heteroatoms. The maximum atomic E-state index is 6.23. The molecule has 0 bridgehead atoms. The molecule has 1 unspecified atom stereocenters. The third-order valence-corrected chi connectivity index (χ3v) is 4.69. The van der Waals surface area contributed by atoms with Crippen LogP contribution in [0.15, 0.2) is 12.1 Å². The summed E-state index contributed by atoms with van der Waals surface area (Å²) in [5, 5.41) is 0.716. The van der Waals surface area contributed by atoms with Crippen molar-refractivity contribution in [2.24, 2.45) is 5.84 Å². The van der Waals surface area contributed by atoms with Gasteiger partial charge in [-0.05, 0) is 44.5 Å². The van der Waals surface area contributed by atoms with E-state index in [1.165, 1.54) is 32.4 Å². The topological polar surface area (TPSA) is 57.4 Å². The molecule has 0 spiro atoms. The summed E-state index contributed by atoms with van der Waals surface area (Å²) in [6.45, 7) is 5.59. The number of anilines is 1. The molecule has 2 fully saturated rings. The Hall–Kier alpha value is -0.880. The molecule has 1 aromatic rings. The largest absolute Gasteiger partial charge is 0.308 e. The summed E-state index contributed by atoms with van der Waals surface area (Å²) in [7, 11) is 0. The first-order valence-corrected chi connectivity index (χ1v) is 7.72. The highest BCUT2D eigenvalue weighted by Crippen LogP contribution is 2.24. The van der Waals surface area contributed by atoms with Gasteiger partial charge in [0.15, 0.2) is 0 Å². The predicted molar refractivity (Wildman–Crippen MR) is 81.5 cm³/mol. The van der Waals surface area contributed by atoms with Gasteiger partial charge in [0.1, 0.15) is 5.82 Å². The van der Waals surface area contributed by atoms with Crippen molar-refractivity contribution in [3.05, 3.63) is 22.8 Å². The number of rotatable bonds is 4. The number of aromatic nitrogens is 1. The van der Waals surface area contributed by atoms with Crippen LogP contribution in [-0.4, -0.2) is 47.0 Å². The fraction of sp³-hybridized carbons (Fsp3) is 0.643. The number of halogens is 1. The van der Waals surface area contributed by atoms with Gasteiger partial charge in [0.05, 0.1) is 10.7 Å². The second-order valence-electron chi connectivity index (χ2n) is 5.69. The number of hydrazine groups is 1. The fourth-order valence-corrected chi connectivity index (χ4v) is 3.41. The number of likely N-dealkylation sites (tertiary alicyclic amines) is 2. The summed E-state index contributed by atoms with van der Waals surface area (Å²) in [6.07, 6.45) is 3.97. The minimum atomic E-state index is 0.666. The summed E-state index contributed by atoms with van der Waals surface area (Å²) in [6, 6.07) is 4.36. The van der Waals surface area contributed by atoms with Crippen LogP contribution in [0.3, 0.4) is 0 Å². The van der Waals surface area contributed by atoms with E-state index < -0.39 is 0 Å². The number of hydrogen-bond donors (Lipinski definition) is 2. The zero-order valence-corrected chi connectivity index (χ0v) is 12.4. The van der Waals surface area contributed by atoms with Crippen molar-refractivity contribution in [2.75, 3.05) is 31.6 Å². The first-order chi connectivity index (χ1) is 9.76. The molecule has 1 aromatic heterocycles. The third kappa shape index (κ3) is 3.06. The number of nitrogen functional groups attached to an aromatic ring is 1. The monoisotopic (exact) mass is 295 g/mol. The van der Waals surface area contributed by atoms with E-state index in [1.54, 1.807) is 6.07 Å². The Morgan fingerprint density at radius 2 is 2.10 bits per heavy atom. The number of nitrogens with two attached hydrogens (primary N) is 1. The van der Waals surface area contributed by atoms with Crippen molar-refractivity contribution < 1.29 is 0 Å². The van der Waals surface area contributed by atoms with Crippen LogP contribution in [0, 0.1) is 0 Å². The van der Waals surface area contributed by atoms with E-state index in [0.717, 1.165) is 25.3 Å². The van der Waals surface area contributed by atoms with Crippen LogP contribution in [0.1, 0.15) is 25.0 Å². The van der Waals surface area contributed by atoms with Crippen molar-refractivity contribution >= 4 is 17.4 Å². The van der Waals surface area contributed by atoms with E-state index in [9.17, 15) is 0 Å². The Morgan fingerprint density at radius 1 is 1.30 bits per heavy atom. The van der Waals surface area contributed by atoms with Crippen LogP contribution in [0.4, 0.5) is 5.82 Å². The van der Waals surface area contributed by atoms with Gasteiger partial charge in [0.2, 0.25) is 0 Å². The van der Waals surface area contributed by atoms with Crippen LogP contribution < -0.4 is 11.3 Å². The highest BCUT2D eigenvalue weighted by Gasteiger charge is 2.29. The average Bonchev–Trinajstić information content (AvgIpc) is 3.12. The zero-order valence-electron chi connectivity index (χ0n) is 11.7. The molecule has 2 aliphatic rings. The summed E-state index contributed by atoms with van der Waals surface area (Å²) in [5.74, 6) is 6.07. The van der Waals surface area contributed by atoms with Crippen LogP contribution >= 0.6 is 11.6 Å². The van der Waals surface area contributed by atoms with Crippen LogP contribution in [0.25, 0.3) is 0 Å². The molecule has 0 saturated carbocycles. The molecule has 0 radical (unpaired) electrons. The summed E-state index contributed by atoms with van der Waals surface area (Å²) >= 11 is 6.23.